The highest BCUT2D eigenvalue weighted by Gasteiger charge is 2.56. The molecule has 1 heterocycles. The normalized spacial score (nSPS) is 44.1. The molecule has 1 aliphatic heterocycles. The van der Waals surface area contributed by atoms with Gasteiger partial charge >= 0.3 is 5.97 Å². The first-order valence-electron chi connectivity index (χ1n) is 7.56. The standard InChI is InChI=1S/C16H24O4/c1-9-4-5-11-12(8-19-3)15(17)20-14(11)13-10(9)6-7-16(13,2)18/h11-14,18H,4-8H2,1-3H3/t11-,12-,13-,14-,16+/m0/s1. The molecule has 0 amide bonds. The molecule has 2 aliphatic carbocycles. The van der Waals surface area contributed by atoms with Crippen LogP contribution >= 0.6 is 0 Å². The molecule has 0 aromatic heterocycles. The highest BCUT2D eigenvalue weighted by molar-refractivity contribution is 5.75. The molecule has 3 rings (SSSR count). The molecule has 0 aromatic carbocycles. The molecular formula is C16H24O4. The number of hydrogen-bond acceptors (Lipinski definition) is 4. The summed E-state index contributed by atoms with van der Waals surface area (Å²) in [5.74, 6) is -0.178. The number of hydrogen-bond donors (Lipinski definition) is 1. The van der Waals surface area contributed by atoms with Crippen LogP contribution < -0.4 is 0 Å². The van der Waals surface area contributed by atoms with E-state index < -0.39 is 5.60 Å². The van der Waals surface area contributed by atoms with Crippen LogP contribution in [0.2, 0.25) is 0 Å². The molecule has 0 bridgehead atoms. The van der Waals surface area contributed by atoms with E-state index in [9.17, 15) is 9.90 Å². The summed E-state index contributed by atoms with van der Waals surface area (Å²) in [5.41, 5.74) is 1.95. The summed E-state index contributed by atoms with van der Waals surface area (Å²) in [7, 11) is 1.62. The lowest BCUT2D eigenvalue weighted by molar-refractivity contribution is -0.148. The van der Waals surface area contributed by atoms with Crippen LogP contribution in [-0.2, 0) is 14.3 Å². The number of carbonyl (C=O) groups excluding carboxylic acids is 1. The Bertz CT molecular complexity index is 451. The van der Waals surface area contributed by atoms with Crippen molar-refractivity contribution in [1.29, 1.82) is 0 Å². The van der Waals surface area contributed by atoms with Crippen molar-refractivity contribution in [2.24, 2.45) is 17.8 Å². The minimum absolute atomic E-state index is 0.0270. The Morgan fingerprint density at radius 2 is 2.20 bits per heavy atom. The van der Waals surface area contributed by atoms with Crippen LogP contribution in [0.3, 0.4) is 0 Å². The van der Waals surface area contributed by atoms with Gasteiger partial charge in [-0.3, -0.25) is 4.79 Å². The number of carbonyl (C=O) groups is 1. The molecule has 0 spiro atoms. The maximum absolute atomic E-state index is 12.1. The van der Waals surface area contributed by atoms with Gasteiger partial charge in [-0.15, -0.1) is 0 Å². The van der Waals surface area contributed by atoms with Gasteiger partial charge in [0, 0.05) is 18.9 Å². The summed E-state index contributed by atoms with van der Waals surface area (Å²) >= 11 is 0. The van der Waals surface area contributed by atoms with Crippen LogP contribution in [0.5, 0.6) is 0 Å². The molecule has 1 saturated heterocycles. The zero-order valence-electron chi connectivity index (χ0n) is 12.5. The molecule has 20 heavy (non-hydrogen) atoms. The maximum Gasteiger partial charge on any atom is 0.312 e. The van der Waals surface area contributed by atoms with Crippen molar-refractivity contribution in [2.75, 3.05) is 13.7 Å². The summed E-state index contributed by atoms with van der Waals surface area (Å²) in [6.07, 6.45) is 3.47. The molecule has 2 fully saturated rings. The van der Waals surface area contributed by atoms with E-state index in [1.807, 2.05) is 6.92 Å². The smallest absolute Gasteiger partial charge is 0.312 e. The van der Waals surface area contributed by atoms with Gasteiger partial charge in [-0.05, 0) is 39.5 Å². The average Bonchev–Trinajstić information content (AvgIpc) is 2.80. The van der Waals surface area contributed by atoms with Crippen molar-refractivity contribution in [3.05, 3.63) is 11.1 Å². The van der Waals surface area contributed by atoms with E-state index in [0.717, 1.165) is 25.7 Å². The molecule has 0 unspecified atom stereocenters. The van der Waals surface area contributed by atoms with Gasteiger partial charge in [0.05, 0.1) is 18.1 Å². The third-order valence-electron chi connectivity index (χ3n) is 5.52. The second-order valence-corrected chi connectivity index (χ2v) is 6.81. The van der Waals surface area contributed by atoms with Crippen LogP contribution in [0.15, 0.2) is 11.1 Å². The molecule has 4 nitrogen and oxygen atoms in total. The van der Waals surface area contributed by atoms with E-state index in [-0.39, 0.29) is 29.8 Å². The first kappa shape index (κ1) is 14.1. The maximum atomic E-state index is 12.1. The average molecular weight is 280 g/mol. The monoisotopic (exact) mass is 280 g/mol. The summed E-state index contributed by atoms with van der Waals surface area (Å²) in [6.45, 7) is 4.47. The fourth-order valence-electron chi connectivity index (χ4n) is 4.41. The lowest BCUT2D eigenvalue weighted by Crippen LogP contribution is -2.41. The highest BCUT2D eigenvalue weighted by Crippen LogP contribution is 2.52. The molecule has 0 aromatic rings. The van der Waals surface area contributed by atoms with Crippen molar-refractivity contribution >= 4 is 5.97 Å². The summed E-state index contributed by atoms with van der Waals surface area (Å²) in [5, 5.41) is 10.7. The topological polar surface area (TPSA) is 55.8 Å². The lowest BCUT2D eigenvalue weighted by atomic mass is 9.77. The Balaban J connectivity index is 1.97. The third kappa shape index (κ3) is 2.01. The Kier molecular flexibility index (Phi) is 3.41. The summed E-state index contributed by atoms with van der Waals surface area (Å²) in [4.78, 5) is 12.1. The lowest BCUT2D eigenvalue weighted by Gasteiger charge is -2.32. The molecule has 0 radical (unpaired) electrons. The Morgan fingerprint density at radius 1 is 1.45 bits per heavy atom. The van der Waals surface area contributed by atoms with E-state index in [0.29, 0.717) is 6.61 Å². The van der Waals surface area contributed by atoms with Crippen molar-refractivity contribution in [3.63, 3.8) is 0 Å². The fraction of sp³-hybridized carbons (Fsp3) is 0.812. The van der Waals surface area contributed by atoms with Crippen LogP contribution in [0.1, 0.15) is 39.5 Å². The van der Waals surface area contributed by atoms with Crippen molar-refractivity contribution in [3.8, 4) is 0 Å². The van der Waals surface area contributed by atoms with Crippen molar-refractivity contribution in [1.82, 2.24) is 0 Å². The number of rotatable bonds is 2. The number of allylic oxidation sites excluding steroid dienone is 1. The number of fused-ring (bicyclic) bond motifs is 3. The van der Waals surface area contributed by atoms with E-state index in [1.54, 1.807) is 7.11 Å². The van der Waals surface area contributed by atoms with Gasteiger partial charge in [-0.2, -0.15) is 0 Å². The Morgan fingerprint density at radius 3 is 2.90 bits per heavy atom. The van der Waals surface area contributed by atoms with E-state index in [1.165, 1.54) is 11.1 Å². The zero-order valence-corrected chi connectivity index (χ0v) is 12.5. The van der Waals surface area contributed by atoms with Gasteiger partial charge in [-0.25, -0.2) is 0 Å². The zero-order chi connectivity index (χ0) is 14.5. The number of aliphatic hydroxyl groups is 1. The minimum atomic E-state index is -0.758. The predicted molar refractivity (Wildman–Crippen MR) is 74.0 cm³/mol. The van der Waals surface area contributed by atoms with Gasteiger partial charge in [0.25, 0.3) is 0 Å². The van der Waals surface area contributed by atoms with Crippen molar-refractivity contribution in [2.45, 2.75) is 51.2 Å². The summed E-state index contributed by atoms with van der Waals surface area (Å²) in [6, 6.07) is 0. The fourth-order valence-corrected chi connectivity index (χ4v) is 4.41. The SMILES string of the molecule is COC[C@@H]1C(=O)O[C@H]2[C@H]1CCC(C)=C1CC[C@@](C)(O)[C@@H]12. The van der Waals surface area contributed by atoms with Gasteiger partial charge in [0.15, 0.2) is 0 Å². The van der Waals surface area contributed by atoms with Gasteiger partial charge in [0.1, 0.15) is 6.10 Å². The number of ether oxygens (including phenoxy) is 2. The van der Waals surface area contributed by atoms with Gasteiger partial charge < -0.3 is 14.6 Å². The second kappa shape index (κ2) is 4.85. The van der Waals surface area contributed by atoms with E-state index >= 15 is 0 Å². The van der Waals surface area contributed by atoms with Crippen LogP contribution in [0, 0.1) is 17.8 Å². The molecule has 3 aliphatic rings. The Labute approximate surface area is 120 Å². The third-order valence-corrected chi connectivity index (χ3v) is 5.52. The molecule has 112 valence electrons. The largest absolute Gasteiger partial charge is 0.461 e. The molecule has 1 saturated carbocycles. The first-order valence-corrected chi connectivity index (χ1v) is 7.56. The van der Waals surface area contributed by atoms with Crippen LogP contribution in [0.4, 0.5) is 0 Å². The van der Waals surface area contributed by atoms with Crippen LogP contribution in [-0.4, -0.2) is 36.5 Å². The molecular weight excluding hydrogens is 256 g/mol. The molecule has 4 heteroatoms. The first-order chi connectivity index (χ1) is 9.45. The highest BCUT2D eigenvalue weighted by atomic mass is 16.6. The Hall–Kier alpha value is -0.870. The van der Waals surface area contributed by atoms with Crippen LogP contribution in [0.25, 0.3) is 0 Å². The minimum Gasteiger partial charge on any atom is -0.461 e. The quantitative estimate of drug-likeness (QED) is 0.621. The van der Waals surface area contributed by atoms with E-state index in [4.69, 9.17) is 9.47 Å². The molecule has 5 atom stereocenters. The molecule has 1 N–H and O–H groups in total. The van der Waals surface area contributed by atoms with Gasteiger partial charge in [0.2, 0.25) is 0 Å². The van der Waals surface area contributed by atoms with E-state index in [2.05, 4.69) is 6.92 Å². The number of esters is 1. The number of methoxy groups -OCH3 is 1. The summed E-state index contributed by atoms with van der Waals surface area (Å²) < 4.78 is 10.9. The predicted octanol–water partition coefficient (Wildman–Crippen LogP) is 2.06. The van der Waals surface area contributed by atoms with Gasteiger partial charge in [-0.1, -0.05) is 11.1 Å². The van der Waals surface area contributed by atoms with Crippen molar-refractivity contribution < 1.29 is 19.4 Å². The second-order valence-electron chi connectivity index (χ2n) is 6.81.